The summed E-state index contributed by atoms with van der Waals surface area (Å²) < 4.78 is 10.9. The molecule has 1 N–H and O–H groups in total. The number of carbonyl (C=O) groups excluding carboxylic acids is 1. The van der Waals surface area contributed by atoms with Crippen molar-refractivity contribution in [3.63, 3.8) is 0 Å². The number of nitrogens with one attached hydrogen (secondary N) is 1. The molecule has 0 spiro atoms. The van der Waals surface area contributed by atoms with Gasteiger partial charge in [0.2, 0.25) is 0 Å². The number of ether oxygens (including phenoxy) is 2. The summed E-state index contributed by atoms with van der Waals surface area (Å²) in [6, 6.07) is 13.5. The summed E-state index contributed by atoms with van der Waals surface area (Å²) in [5.74, 6) is 1.28. The van der Waals surface area contributed by atoms with Crippen molar-refractivity contribution in [1.29, 1.82) is 0 Å². The lowest BCUT2D eigenvalue weighted by Crippen LogP contribution is -2.33. The molecule has 0 saturated carbocycles. The maximum Gasteiger partial charge on any atom is 0.252 e. The van der Waals surface area contributed by atoms with Gasteiger partial charge in [-0.2, -0.15) is 0 Å². The van der Waals surface area contributed by atoms with Crippen molar-refractivity contribution in [1.82, 2.24) is 15.2 Å². The fraction of sp³-hybridized carbons (Fsp3) is 0.360. The SMILES string of the molecule is COc1ccc(-c2cc(C(=O)NCCN3CCCC3)c3cc(C)ccc3n2)c(OC)c1. The van der Waals surface area contributed by atoms with E-state index in [9.17, 15) is 4.79 Å². The Balaban J connectivity index is 1.70. The van der Waals surface area contributed by atoms with E-state index in [-0.39, 0.29) is 5.91 Å². The first-order valence-corrected chi connectivity index (χ1v) is 10.7. The Bertz CT molecular complexity index is 1090. The van der Waals surface area contributed by atoms with Crippen LogP contribution in [0.15, 0.2) is 42.5 Å². The summed E-state index contributed by atoms with van der Waals surface area (Å²) >= 11 is 0. The minimum Gasteiger partial charge on any atom is -0.497 e. The Morgan fingerprint density at radius 3 is 2.61 bits per heavy atom. The number of hydrogen-bond acceptors (Lipinski definition) is 5. The largest absolute Gasteiger partial charge is 0.497 e. The highest BCUT2D eigenvalue weighted by molar-refractivity contribution is 6.07. The standard InChI is InChI=1S/C25H29N3O3/c1-17-6-9-22-20(14-17)21(25(29)26-10-13-28-11-4-5-12-28)16-23(27-22)19-8-7-18(30-2)15-24(19)31-3/h6-9,14-16H,4-5,10-13H2,1-3H3,(H,26,29). The van der Waals surface area contributed by atoms with Gasteiger partial charge >= 0.3 is 0 Å². The van der Waals surface area contributed by atoms with Crippen LogP contribution in [0.1, 0.15) is 28.8 Å². The molecular formula is C25H29N3O3. The van der Waals surface area contributed by atoms with Crippen LogP contribution in [0.2, 0.25) is 0 Å². The van der Waals surface area contributed by atoms with Crippen molar-refractivity contribution < 1.29 is 14.3 Å². The third kappa shape index (κ3) is 4.64. The van der Waals surface area contributed by atoms with Crippen LogP contribution in [-0.2, 0) is 0 Å². The second kappa shape index (κ2) is 9.35. The van der Waals surface area contributed by atoms with E-state index < -0.39 is 0 Å². The fourth-order valence-electron chi connectivity index (χ4n) is 4.10. The zero-order valence-corrected chi connectivity index (χ0v) is 18.4. The van der Waals surface area contributed by atoms with E-state index in [4.69, 9.17) is 14.5 Å². The van der Waals surface area contributed by atoms with Crippen LogP contribution in [0.4, 0.5) is 0 Å². The molecule has 2 aromatic carbocycles. The molecule has 162 valence electrons. The summed E-state index contributed by atoms with van der Waals surface area (Å²) in [5.41, 5.74) is 4.02. The Morgan fingerprint density at radius 1 is 1.06 bits per heavy atom. The van der Waals surface area contributed by atoms with Crippen LogP contribution in [0.3, 0.4) is 0 Å². The molecule has 0 atom stereocenters. The van der Waals surface area contributed by atoms with Crippen molar-refractivity contribution in [2.45, 2.75) is 19.8 Å². The highest BCUT2D eigenvalue weighted by Gasteiger charge is 2.17. The molecule has 0 bridgehead atoms. The number of hydrogen-bond donors (Lipinski definition) is 1. The number of aromatic nitrogens is 1. The second-order valence-corrected chi connectivity index (χ2v) is 7.95. The topological polar surface area (TPSA) is 63.7 Å². The number of pyridine rings is 1. The lowest BCUT2D eigenvalue weighted by molar-refractivity contribution is 0.0951. The van der Waals surface area contributed by atoms with Crippen LogP contribution >= 0.6 is 0 Å². The van der Waals surface area contributed by atoms with E-state index in [1.165, 1.54) is 12.8 Å². The summed E-state index contributed by atoms with van der Waals surface area (Å²) in [4.78, 5) is 20.4. The molecule has 0 radical (unpaired) electrons. The molecule has 6 heteroatoms. The number of fused-ring (bicyclic) bond motifs is 1. The van der Waals surface area contributed by atoms with Crippen molar-refractivity contribution in [3.05, 3.63) is 53.6 Å². The molecule has 1 saturated heterocycles. The predicted octanol–water partition coefficient (Wildman–Crippen LogP) is 4.05. The average molecular weight is 420 g/mol. The highest BCUT2D eigenvalue weighted by Crippen LogP contribution is 2.34. The number of aryl methyl sites for hydroxylation is 1. The summed E-state index contributed by atoms with van der Waals surface area (Å²) in [6.07, 6.45) is 2.49. The monoisotopic (exact) mass is 419 g/mol. The van der Waals surface area contributed by atoms with Crippen LogP contribution < -0.4 is 14.8 Å². The van der Waals surface area contributed by atoms with E-state index in [2.05, 4.69) is 10.2 Å². The Hall–Kier alpha value is -3.12. The van der Waals surface area contributed by atoms with E-state index in [1.807, 2.05) is 49.4 Å². The molecule has 0 unspecified atom stereocenters. The number of amides is 1. The van der Waals surface area contributed by atoms with Gasteiger partial charge in [-0.15, -0.1) is 0 Å². The number of likely N-dealkylation sites (tertiary alicyclic amines) is 1. The van der Waals surface area contributed by atoms with Gasteiger partial charge in [0, 0.05) is 30.1 Å². The van der Waals surface area contributed by atoms with Gasteiger partial charge in [-0.05, 0) is 63.2 Å². The van der Waals surface area contributed by atoms with Gasteiger partial charge in [0.15, 0.2) is 0 Å². The Morgan fingerprint density at radius 2 is 1.87 bits per heavy atom. The molecule has 3 aromatic rings. The van der Waals surface area contributed by atoms with Crippen molar-refractivity contribution >= 4 is 16.8 Å². The van der Waals surface area contributed by atoms with Crippen LogP contribution in [-0.4, -0.2) is 56.2 Å². The minimum absolute atomic E-state index is 0.0778. The van der Waals surface area contributed by atoms with Crippen molar-refractivity contribution in [3.8, 4) is 22.8 Å². The summed E-state index contributed by atoms with van der Waals surface area (Å²) in [7, 11) is 3.24. The van der Waals surface area contributed by atoms with Gasteiger partial charge in [-0.1, -0.05) is 11.6 Å². The van der Waals surface area contributed by atoms with Gasteiger partial charge in [-0.25, -0.2) is 4.98 Å². The van der Waals surface area contributed by atoms with Crippen LogP contribution in [0.5, 0.6) is 11.5 Å². The number of nitrogens with zero attached hydrogens (tertiary/aromatic N) is 2. The van der Waals surface area contributed by atoms with Gasteiger partial charge < -0.3 is 19.7 Å². The quantitative estimate of drug-likeness (QED) is 0.626. The van der Waals surface area contributed by atoms with E-state index in [0.29, 0.717) is 29.3 Å². The first kappa shape index (κ1) is 21.1. The number of carbonyl (C=O) groups is 1. The van der Waals surface area contributed by atoms with Crippen molar-refractivity contribution in [2.24, 2.45) is 0 Å². The third-order valence-corrected chi connectivity index (χ3v) is 5.81. The van der Waals surface area contributed by atoms with E-state index >= 15 is 0 Å². The smallest absolute Gasteiger partial charge is 0.252 e. The zero-order valence-electron chi connectivity index (χ0n) is 18.4. The number of methoxy groups -OCH3 is 2. The van der Waals surface area contributed by atoms with Crippen LogP contribution in [0, 0.1) is 6.92 Å². The molecule has 1 aliphatic heterocycles. The predicted molar refractivity (Wildman–Crippen MR) is 123 cm³/mol. The maximum atomic E-state index is 13.2. The minimum atomic E-state index is -0.0778. The second-order valence-electron chi connectivity index (χ2n) is 7.95. The van der Waals surface area contributed by atoms with E-state index in [1.54, 1.807) is 14.2 Å². The third-order valence-electron chi connectivity index (χ3n) is 5.81. The van der Waals surface area contributed by atoms with Gasteiger partial charge in [-0.3, -0.25) is 4.79 Å². The average Bonchev–Trinajstić information content (AvgIpc) is 3.31. The Kier molecular flexibility index (Phi) is 6.37. The highest BCUT2D eigenvalue weighted by atomic mass is 16.5. The van der Waals surface area contributed by atoms with Crippen molar-refractivity contribution in [2.75, 3.05) is 40.4 Å². The molecule has 1 aromatic heterocycles. The molecule has 1 aliphatic rings. The summed E-state index contributed by atoms with van der Waals surface area (Å²) in [5, 5.41) is 3.96. The van der Waals surface area contributed by atoms with Gasteiger partial charge in [0.25, 0.3) is 5.91 Å². The molecule has 0 aliphatic carbocycles. The Labute approximate surface area is 183 Å². The summed E-state index contributed by atoms with van der Waals surface area (Å²) in [6.45, 7) is 5.78. The first-order valence-electron chi connectivity index (χ1n) is 10.7. The molecule has 1 fully saturated rings. The molecule has 1 amide bonds. The molecule has 2 heterocycles. The van der Waals surface area contributed by atoms with E-state index in [0.717, 1.165) is 41.7 Å². The van der Waals surface area contributed by atoms with Gasteiger partial charge in [0.05, 0.1) is 31.0 Å². The molecule has 4 rings (SSSR count). The zero-order chi connectivity index (χ0) is 21.8. The van der Waals surface area contributed by atoms with Crippen LogP contribution in [0.25, 0.3) is 22.2 Å². The maximum absolute atomic E-state index is 13.2. The normalized spacial score (nSPS) is 14.0. The van der Waals surface area contributed by atoms with Gasteiger partial charge in [0.1, 0.15) is 11.5 Å². The fourth-order valence-corrected chi connectivity index (χ4v) is 4.10. The lowest BCUT2D eigenvalue weighted by Gasteiger charge is -2.16. The lowest BCUT2D eigenvalue weighted by atomic mass is 10.0. The molecule has 6 nitrogen and oxygen atoms in total. The number of benzene rings is 2. The number of rotatable bonds is 7. The molecular weight excluding hydrogens is 390 g/mol. The first-order chi connectivity index (χ1) is 15.1. The molecule has 31 heavy (non-hydrogen) atoms.